The van der Waals surface area contributed by atoms with Crippen LogP contribution in [0.4, 0.5) is 5.69 Å². The minimum Gasteiger partial charge on any atom is -0.493 e. The van der Waals surface area contributed by atoms with Crippen LogP contribution in [0.2, 0.25) is 0 Å². The lowest BCUT2D eigenvalue weighted by Gasteiger charge is -2.14. The SMILES string of the molecule is COc1cc(/C=C2\SC(=S)N(c3cccc(Br)c3)C2=O)ccc1OCc1cccc(C)c1. The zero-order valence-electron chi connectivity index (χ0n) is 17.5. The second-order valence-electron chi connectivity index (χ2n) is 7.19. The standard InChI is InChI=1S/C25H20BrNO3S2/c1-16-5-3-6-18(11-16)15-30-21-10-9-17(12-22(21)29-2)13-23-24(28)27(25(31)32-23)20-8-4-7-19(26)14-20/h3-14H,15H2,1-2H3/b23-13-. The molecule has 4 nitrogen and oxygen atoms in total. The topological polar surface area (TPSA) is 38.8 Å². The number of rotatable bonds is 6. The number of hydrogen-bond donors (Lipinski definition) is 0. The lowest BCUT2D eigenvalue weighted by Crippen LogP contribution is -2.27. The average Bonchev–Trinajstić information content (AvgIpc) is 3.05. The second-order valence-corrected chi connectivity index (χ2v) is 9.78. The molecule has 0 aromatic heterocycles. The van der Waals surface area contributed by atoms with Crippen molar-refractivity contribution < 1.29 is 14.3 Å². The maximum absolute atomic E-state index is 13.0. The van der Waals surface area contributed by atoms with E-state index in [1.807, 2.05) is 60.7 Å². The van der Waals surface area contributed by atoms with Crippen LogP contribution < -0.4 is 14.4 Å². The van der Waals surface area contributed by atoms with E-state index in [9.17, 15) is 4.79 Å². The number of methoxy groups -OCH3 is 1. The second kappa shape index (κ2) is 9.90. The summed E-state index contributed by atoms with van der Waals surface area (Å²) in [6, 6.07) is 21.3. The lowest BCUT2D eigenvalue weighted by atomic mass is 10.1. The summed E-state index contributed by atoms with van der Waals surface area (Å²) in [5.41, 5.74) is 3.85. The van der Waals surface area contributed by atoms with Crippen LogP contribution in [0.3, 0.4) is 0 Å². The number of thiocarbonyl (C=S) groups is 1. The number of amides is 1. The molecular formula is C25H20BrNO3S2. The molecule has 0 spiro atoms. The van der Waals surface area contributed by atoms with Crippen molar-refractivity contribution in [1.29, 1.82) is 0 Å². The molecule has 1 fully saturated rings. The Morgan fingerprint density at radius 1 is 1.06 bits per heavy atom. The Balaban J connectivity index is 1.53. The first-order chi connectivity index (χ1) is 15.4. The van der Waals surface area contributed by atoms with E-state index in [1.54, 1.807) is 12.0 Å². The highest BCUT2D eigenvalue weighted by atomic mass is 79.9. The summed E-state index contributed by atoms with van der Waals surface area (Å²) < 4.78 is 12.9. The maximum atomic E-state index is 13.0. The molecule has 0 atom stereocenters. The predicted octanol–water partition coefficient (Wildman–Crippen LogP) is 6.75. The van der Waals surface area contributed by atoms with Crippen molar-refractivity contribution in [3.05, 3.63) is 92.8 Å². The summed E-state index contributed by atoms with van der Waals surface area (Å²) in [7, 11) is 1.60. The fraction of sp³-hybridized carbons (Fsp3) is 0.120. The van der Waals surface area contributed by atoms with Crippen molar-refractivity contribution in [2.45, 2.75) is 13.5 Å². The van der Waals surface area contributed by atoms with Crippen LogP contribution in [0.5, 0.6) is 11.5 Å². The third-order valence-electron chi connectivity index (χ3n) is 4.82. The molecule has 0 radical (unpaired) electrons. The number of ether oxygens (including phenoxy) is 2. The Labute approximate surface area is 205 Å². The number of anilines is 1. The fourth-order valence-corrected chi connectivity index (χ4v) is 5.00. The van der Waals surface area contributed by atoms with Gasteiger partial charge in [-0.25, -0.2) is 0 Å². The number of hydrogen-bond acceptors (Lipinski definition) is 5. The summed E-state index contributed by atoms with van der Waals surface area (Å²) in [4.78, 5) is 15.1. The van der Waals surface area contributed by atoms with E-state index in [4.69, 9.17) is 21.7 Å². The monoisotopic (exact) mass is 525 g/mol. The number of thioether (sulfide) groups is 1. The van der Waals surface area contributed by atoms with Gasteiger partial charge in [0, 0.05) is 4.47 Å². The summed E-state index contributed by atoms with van der Waals surface area (Å²) in [5.74, 6) is 1.11. The van der Waals surface area contributed by atoms with Crippen LogP contribution in [-0.2, 0) is 11.4 Å². The molecule has 0 saturated carbocycles. The molecule has 32 heavy (non-hydrogen) atoms. The Morgan fingerprint density at radius 2 is 1.88 bits per heavy atom. The smallest absolute Gasteiger partial charge is 0.270 e. The normalized spacial score (nSPS) is 14.8. The molecule has 4 rings (SSSR count). The van der Waals surface area contributed by atoms with Crippen LogP contribution in [0.15, 0.2) is 76.1 Å². The van der Waals surface area contributed by atoms with Gasteiger partial charge in [-0.1, -0.05) is 81.9 Å². The molecule has 7 heteroatoms. The van der Waals surface area contributed by atoms with Gasteiger partial charge in [0.2, 0.25) is 0 Å². The van der Waals surface area contributed by atoms with Crippen LogP contribution in [0, 0.1) is 6.92 Å². The summed E-state index contributed by atoms with van der Waals surface area (Å²) in [6.07, 6.45) is 1.82. The summed E-state index contributed by atoms with van der Waals surface area (Å²) >= 11 is 10.2. The van der Waals surface area contributed by atoms with E-state index in [-0.39, 0.29) is 5.91 Å². The fourth-order valence-electron chi connectivity index (χ4n) is 3.31. The van der Waals surface area contributed by atoms with Gasteiger partial charge in [-0.2, -0.15) is 0 Å². The molecule has 0 bridgehead atoms. The largest absolute Gasteiger partial charge is 0.493 e. The predicted molar refractivity (Wildman–Crippen MR) is 138 cm³/mol. The van der Waals surface area contributed by atoms with Crippen molar-refractivity contribution >= 4 is 61.9 Å². The zero-order chi connectivity index (χ0) is 22.7. The Kier molecular flexibility index (Phi) is 6.98. The molecule has 0 N–H and O–H groups in total. The lowest BCUT2D eigenvalue weighted by molar-refractivity contribution is -0.113. The van der Waals surface area contributed by atoms with E-state index in [1.165, 1.54) is 17.3 Å². The van der Waals surface area contributed by atoms with Crippen molar-refractivity contribution in [3.63, 3.8) is 0 Å². The summed E-state index contributed by atoms with van der Waals surface area (Å²) in [5, 5.41) is 0. The highest BCUT2D eigenvalue weighted by molar-refractivity contribution is 9.10. The van der Waals surface area contributed by atoms with Crippen LogP contribution in [-0.4, -0.2) is 17.3 Å². The van der Waals surface area contributed by atoms with Gasteiger partial charge in [0.25, 0.3) is 5.91 Å². The number of carbonyl (C=O) groups is 1. The third-order valence-corrected chi connectivity index (χ3v) is 6.62. The number of halogens is 1. The average molecular weight is 526 g/mol. The molecule has 3 aromatic carbocycles. The minimum atomic E-state index is -0.142. The Hall–Kier alpha value is -2.61. The number of carbonyl (C=O) groups excluding carboxylic acids is 1. The molecule has 1 heterocycles. The van der Waals surface area contributed by atoms with Gasteiger partial charge in [0.1, 0.15) is 6.61 Å². The first kappa shape index (κ1) is 22.6. The van der Waals surface area contributed by atoms with Crippen molar-refractivity contribution in [3.8, 4) is 11.5 Å². The molecule has 1 amide bonds. The van der Waals surface area contributed by atoms with Crippen molar-refractivity contribution in [2.75, 3.05) is 12.0 Å². The van der Waals surface area contributed by atoms with Crippen LogP contribution in [0.25, 0.3) is 6.08 Å². The van der Waals surface area contributed by atoms with E-state index >= 15 is 0 Å². The summed E-state index contributed by atoms with van der Waals surface area (Å²) in [6.45, 7) is 2.50. The van der Waals surface area contributed by atoms with Crippen molar-refractivity contribution in [2.24, 2.45) is 0 Å². The van der Waals surface area contributed by atoms with Gasteiger partial charge in [0.05, 0.1) is 17.7 Å². The van der Waals surface area contributed by atoms with Crippen LogP contribution >= 0.6 is 39.9 Å². The molecule has 1 saturated heterocycles. The number of aryl methyl sites for hydroxylation is 1. The van der Waals surface area contributed by atoms with E-state index < -0.39 is 0 Å². The van der Waals surface area contributed by atoms with Gasteiger partial charge >= 0.3 is 0 Å². The highest BCUT2D eigenvalue weighted by Crippen LogP contribution is 2.38. The molecule has 1 aliphatic heterocycles. The van der Waals surface area contributed by atoms with Gasteiger partial charge in [-0.05, 0) is 54.5 Å². The minimum absolute atomic E-state index is 0.142. The first-order valence-corrected chi connectivity index (χ1v) is 11.9. The number of benzene rings is 3. The number of nitrogens with zero attached hydrogens (tertiary/aromatic N) is 1. The molecule has 0 aliphatic carbocycles. The molecule has 162 valence electrons. The molecule has 1 aliphatic rings. The quantitative estimate of drug-likeness (QED) is 0.263. The van der Waals surface area contributed by atoms with E-state index in [2.05, 4.69) is 35.0 Å². The van der Waals surface area contributed by atoms with Crippen LogP contribution in [0.1, 0.15) is 16.7 Å². The van der Waals surface area contributed by atoms with Gasteiger partial charge < -0.3 is 9.47 Å². The first-order valence-electron chi connectivity index (χ1n) is 9.84. The molecular weight excluding hydrogens is 506 g/mol. The van der Waals surface area contributed by atoms with E-state index in [0.29, 0.717) is 27.3 Å². The van der Waals surface area contributed by atoms with Gasteiger partial charge in [-0.3, -0.25) is 9.69 Å². The maximum Gasteiger partial charge on any atom is 0.270 e. The van der Waals surface area contributed by atoms with Gasteiger partial charge in [-0.15, -0.1) is 0 Å². The van der Waals surface area contributed by atoms with E-state index in [0.717, 1.165) is 21.3 Å². The third kappa shape index (κ3) is 5.06. The molecule has 0 unspecified atom stereocenters. The zero-order valence-corrected chi connectivity index (χ0v) is 20.7. The van der Waals surface area contributed by atoms with Gasteiger partial charge in [0.15, 0.2) is 15.8 Å². The Morgan fingerprint density at radius 3 is 2.62 bits per heavy atom. The Bertz CT molecular complexity index is 1230. The van der Waals surface area contributed by atoms with Crippen molar-refractivity contribution in [1.82, 2.24) is 0 Å². The highest BCUT2D eigenvalue weighted by Gasteiger charge is 2.33. The molecule has 3 aromatic rings.